The standard InChI is InChI=1S/C17H19NO3/c1-20-12-7-8-13(16(10-12)21-2)17(19)15-9-11-5-3-4-6-14(11)18-15/h3-8,10,15,17-19H,9H2,1-2H3. The molecular weight excluding hydrogens is 266 g/mol. The summed E-state index contributed by atoms with van der Waals surface area (Å²) in [7, 11) is 3.21. The molecule has 2 aromatic rings. The Kier molecular flexibility index (Phi) is 3.71. The van der Waals surface area contributed by atoms with Crippen LogP contribution in [0.5, 0.6) is 11.5 Å². The molecule has 1 aliphatic heterocycles. The molecule has 4 heteroatoms. The fourth-order valence-corrected chi connectivity index (χ4v) is 2.80. The second-order valence-corrected chi connectivity index (χ2v) is 5.16. The third-order valence-electron chi connectivity index (χ3n) is 3.94. The summed E-state index contributed by atoms with van der Waals surface area (Å²) < 4.78 is 10.6. The van der Waals surface area contributed by atoms with E-state index in [0.29, 0.717) is 11.5 Å². The van der Waals surface area contributed by atoms with Crippen molar-refractivity contribution in [3.63, 3.8) is 0 Å². The molecule has 2 N–H and O–H groups in total. The monoisotopic (exact) mass is 285 g/mol. The largest absolute Gasteiger partial charge is 0.497 e. The van der Waals surface area contributed by atoms with Crippen LogP contribution >= 0.6 is 0 Å². The molecule has 0 fully saturated rings. The van der Waals surface area contributed by atoms with Crippen LogP contribution in [0.25, 0.3) is 0 Å². The summed E-state index contributed by atoms with van der Waals surface area (Å²) in [6.07, 6.45) is 0.158. The normalized spacial score (nSPS) is 17.8. The molecule has 110 valence electrons. The number of benzene rings is 2. The van der Waals surface area contributed by atoms with Crippen molar-refractivity contribution in [3.8, 4) is 11.5 Å². The third kappa shape index (κ3) is 2.54. The van der Waals surface area contributed by atoms with Crippen molar-refractivity contribution in [1.29, 1.82) is 0 Å². The predicted octanol–water partition coefficient (Wildman–Crippen LogP) is 2.77. The Morgan fingerprint density at radius 2 is 1.95 bits per heavy atom. The topological polar surface area (TPSA) is 50.7 Å². The maximum Gasteiger partial charge on any atom is 0.128 e. The van der Waals surface area contributed by atoms with E-state index in [9.17, 15) is 5.11 Å². The van der Waals surface area contributed by atoms with E-state index >= 15 is 0 Å². The summed E-state index contributed by atoms with van der Waals surface area (Å²) in [5.41, 5.74) is 3.09. The highest BCUT2D eigenvalue weighted by atomic mass is 16.5. The molecule has 0 spiro atoms. The summed E-state index contributed by atoms with van der Waals surface area (Å²) in [6, 6.07) is 13.6. The quantitative estimate of drug-likeness (QED) is 0.907. The molecule has 2 unspecified atom stereocenters. The average molecular weight is 285 g/mol. The highest BCUT2D eigenvalue weighted by Crippen LogP contribution is 2.36. The van der Waals surface area contributed by atoms with Gasteiger partial charge in [-0.3, -0.25) is 0 Å². The van der Waals surface area contributed by atoms with Crippen molar-refractivity contribution in [2.24, 2.45) is 0 Å². The van der Waals surface area contributed by atoms with E-state index in [2.05, 4.69) is 11.4 Å². The van der Waals surface area contributed by atoms with Gasteiger partial charge in [0.25, 0.3) is 0 Å². The maximum absolute atomic E-state index is 10.7. The Hall–Kier alpha value is -2.20. The number of rotatable bonds is 4. The summed E-state index contributed by atoms with van der Waals surface area (Å²) >= 11 is 0. The van der Waals surface area contributed by atoms with Crippen LogP contribution in [0.3, 0.4) is 0 Å². The van der Waals surface area contributed by atoms with Gasteiger partial charge in [0.15, 0.2) is 0 Å². The zero-order valence-corrected chi connectivity index (χ0v) is 12.2. The molecule has 0 saturated heterocycles. The van der Waals surface area contributed by atoms with Crippen molar-refractivity contribution in [2.75, 3.05) is 19.5 Å². The fraction of sp³-hybridized carbons (Fsp3) is 0.294. The Morgan fingerprint density at radius 3 is 2.67 bits per heavy atom. The minimum absolute atomic E-state index is 0.0512. The van der Waals surface area contributed by atoms with E-state index in [1.165, 1.54) is 5.56 Å². The number of nitrogens with one attached hydrogen (secondary N) is 1. The fourth-order valence-electron chi connectivity index (χ4n) is 2.80. The van der Waals surface area contributed by atoms with Gasteiger partial charge in [-0.15, -0.1) is 0 Å². The van der Waals surface area contributed by atoms with Crippen LogP contribution in [-0.2, 0) is 6.42 Å². The van der Waals surface area contributed by atoms with E-state index in [-0.39, 0.29) is 6.04 Å². The molecule has 21 heavy (non-hydrogen) atoms. The number of para-hydroxylation sites is 1. The van der Waals surface area contributed by atoms with Crippen molar-refractivity contribution in [1.82, 2.24) is 0 Å². The van der Waals surface area contributed by atoms with Crippen LogP contribution in [0.4, 0.5) is 5.69 Å². The molecule has 0 aromatic heterocycles. The number of methoxy groups -OCH3 is 2. The van der Waals surface area contributed by atoms with E-state index < -0.39 is 6.10 Å². The zero-order chi connectivity index (χ0) is 14.8. The van der Waals surface area contributed by atoms with Crippen LogP contribution in [0.1, 0.15) is 17.2 Å². The number of hydrogen-bond acceptors (Lipinski definition) is 4. The van der Waals surface area contributed by atoms with Gasteiger partial charge in [-0.1, -0.05) is 18.2 Å². The van der Waals surface area contributed by atoms with Gasteiger partial charge in [0.05, 0.1) is 20.3 Å². The first-order chi connectivity index (χ1) is 10.2. The van der Waals surface area contributed by atoms with Gasteiger partial charge < -0.3 is 19.9 Å². The van der Waals surface area contributed by atoms with E-state index in [0.717, 1.165) is 17.7 Å². The molecule has 0 amide bonds. The van der Waals surface area contributed by atoms with Gasteiger partial charge in [-0.25, -0.2) is 0 Å². The van der Waals surface area contributed by atoms with Gasteiger partial charge in [-0.2, -0.15) is 0 Å². The number of aliphatic hydroxyl groups is 1. The predicted molar refractivity (Wildman–Crippen MR) is 82.1 cm³/mol. The molecule has 0 saturated carbocycles. The minimum Gasteiger partial charge on any atom is -0.497 e. The molecule has 0 aliphatic carbocycles. The summed E-state index contributed by atoms with van der Waals surface area (Å²) in [5.74, 6) is 1.35. The Balaban J connectivity index is 1.85. The molecular formula is C17H19NO3. The van der Waals surface area contributed by atoms with Gasteiger partial charge >= 0.3 is 0 Å². The van der Waals surface area contributed by atoms with E-state index in [4.69, 9.17) is 9.47 Å². The van der Waals surface area contributed by atoms with Gasteiger partial charge in [-0.05, 0) is 30.2 Å². The number of fused-ring (bicyclic) bond motifs is 1. The smallest absolute Gasteiger partial charge is 0.128 e. The Morgan fingerprint density at radius 1 is 1.14 bits per heavy atom. The summed E-state index contributed by atoms with van der Waals surface area (Å²) in [4.78, 5) is 0. The third-order valence-corrected chi connectivity index (χ3v) is 3.94. The molecule has 2 aromatic carbocycles. The van der Waals surface area contributed by atoms with Crippen LogP contribution in [0, 0.1) is 0 Å². The van der Waals surface area contributed by atoms with E-state index in [1.807, 2.05) is 30.3 Å². The maximum atomic E-state index is 10.7. The lowest BCUT2D eigenvalue weighted by atomic mass is 9.98. The molecule has 1 aliphatic rings. The lowest BCUT2D eigenvalue weighted by molar-refractivity contribution is 0.152. The van der Waals surface area contributed by atoms with Gasteiger partial charge in [0, 0.05) is 17.3 Å². The van der Waals surface area contributed by atoms with Crippen LogP contribution in [0.2, 0.25) is 0 Å². The van der Waals surface area contributed by atoms with Crippen molar-refractivity contribution in [2.45, 2.75) is 18.6 Å². The number of ether oxygens (including phenoxy) is 2. The Labute approximate surface area is 124 Å². The highest BCUT2D eigenvalue weighted by Gasteiger charge is 2.29. The van der Waals surface area contributed by atoms with Crippen LogP contribution < -0.4 is 14.8 Å². The van der Waals surface area contributed by atoms with Crippen molar-refractivity contribution >= 4 is 5.69 Å². The highest BCUT2D eigenvalue weighted by molar-refractivity contribution is 5.57. The molecule has 2 atom stereocenters. The molecule has 0 bridgehead atoms. The number of anilines is 1. The Bertz CT molecular complexity index is 617. The average Bonchev–Trinajstić information content (AvgIpc) is 2.97. The lowest BCUT2D eigenvalue weighted by Crippen LogP contribution is -2.25. The molecule has 0 radical (unpaired) electrons. The number of aliphatic hydroxyl groups excluding tert-OH is 1. The number of hydrogen-bond donors (Lipinski definition) is 2. The van der Waals surface area contributed by atoms with Crippen LogP contribution in [-0.4, -0.2) is 25.4 Å². The first-order valence-electron chi connectivity index (χ1n) is 6.97. The zero-order valence-electron chi connectivity index (χ0n) is 12.2. The second-order valence-electron chi connectivity index (χ2n) is 5.16. The minimum atomic E-state index is -0.641. The summed E-state index contributed by atoms with van der Waals surface area (Å²) in [6.45, 7) is 0. The van der Waals surface area contributed by atoms with Gasteiger partial charge in [0.2, 0.25) is 0 Å². The molecule has 4 nitrogen and oxygen atoms in total. The van der Waals surface area contributed by atoms with Gasteiger partial charge in [0.1, 0.15) is 17.6 Å². The molecule has 1 heterocycles. The first-order valence-corrected chi connectivity index (χ1v) is 6.97. The molecule has 3 rings (SSSR count). The van der Waals surface area contributed by atoms with Crippen molar-refractivity contribution in [3.05, 3.63) is 53.6 Å². The van der Waals surface area contributed by atoms with Crippen molar-refractivity contribution < 1.29 is 14.6 Å². The summed E-state index contributed by atoms with van der Waals surface area (Å²) in [5, 5.41) is 14.1. The van der Waals surface area contributed by atoms with E-state index in [1.54, 1.807) is 20.3 Å². The lowest BCUT2D eigenvalue weighted by Gasteiger charge is -2.21. The SMILES string of the molecule is COc1ccc(C(O)C2Cc3ccccc3N2)c(OC)c1. The second kappa shape index (κ2) is 5.66. The first kappa shape index (κ1) is 13.8. The van der Waals surface area contributed by atoms with Crippen LogP contribution in [0.15, 0.2) is 42.5 Å².